The Morgan fingerprint density at radius 3 is 2.59 bits per heavy atom. The number of hydrogen-bond donors (Lipinski definition) is 1. The minimum atomic E-state index is -0.963. The van der Waals surface area contributed by atoms with Crippen LogP contribution in [0.4, 0.5) is 8.78 Å². The number of halogens is 2. The van der Waals surface area contributed by atoms with Crippen molar-refractivity contribution in [2.75, 3.05) is 7.05 Å². The molecule has 0 saturated heterocycles. The van der Waals surface area contributed by atoms with E-state index in [0.29, 0.717) is 43.0 Å². The number of Topliss-reactive ketones (excluding diaryl/α,β-unsaturated/α-hetero) is 1. The first-order chi connectivity index (χ1) is 15.1. The van der Waals surface area contributed by atoms with Crippen LogP contribution >= 0.6 is 0 Å². The summed E-state index contributed by atoms with van der Waals surface area (Å²) >= 11 is 0. The van der Waals surface area contributed by atoms with Gasteiger partial charge in [-0.25, -0.2) is 13.8 Å². The number of carbonyl (C=O) groups is 2. The van der Waals surface area contributed by atoms with Gasteiger partial charge in [-0.05, 0) is 50.9 Å². The van der Waals surface area contributed by atoms with Crippen LogP contribution in [0, 0.1) is 17.6 Å². The van der Waals surface area contributed by atoms with E-state index in [1.807, 2.05) is 25.5 Å². The lowest BCUT2D eigenvalue weighted by Crippen LogP contribution is -2.42. The highest BCUT2D eigenvalue weighted by Gasteiger charge is 2.30. The Bertz CT molecular complexity index is 1000. The Balaban J connectivity index is 2.05. The summed E-state index contributed by atoms with van der Waals surface area (Å²) in [6.07, 6.45) is 1.70. The first-order valence-electron chi connectivity index (χ1n) is 11.2. The summed E-state index contributed by atoms with van der Waals surface area (Å²) in [4.78, 5) is 32.4. The summed E-state index contributed by atoms with van der Waals surface area (Å²) in [5, 5.41) is 2.88. The second-order valence-corrected chi connectivity index (χ2v) is 9.04. The highest BCUT2D eigenvalue weighted by Crippen LogP contribution is 2.28. The van der Waals surface area contributed by atoms with Crippen molar-refractivity contribution in [3.05, 3.63) is 41.2 Å². The van der Waals surface area contributed by atoms with Crippen LogP contribution in [0.25, 0.3) is 11.4 Å². The molecular formula is C24H32F2N4O2. The van der Waals surface area contributed by atoms with E-state index in [1.54, 1.807) is 6.92 Å². The van der Waals surface area contributed by atoms with Crippen LogP contribution in [0.15, 0.2) is 18.2 Å². The van der Waals surface area contributed by atoms with Gasteiger partial charge in [0.25, 0.3) is 5.91 Å². The molecule has 0 aliphatic carbocycles. The minimum absolute atomic E-state index is 0.0241. The molecule has 0 saturated carbocycles. The molecule has 1 N–H and O–H groups in total. The fourth-order valence-corrected chi connectivity index (χ4v) is 4.07. The third-order valence-corrected chi connectivity index (χ3v) is 6.14. The molecule has 0 bridgehead atoms. The van der Waals surface area contributed by atoms with Gasteiger partial charge in [0.1, 0.15) is 5.82 Å². The van der Waals surface area contributed by atoms with E-state index >= 15 is 0 Å². The van der Waals surface area contributed by atoms with Crippen LogP contribution < -0.4 is 5.32 Å². The SMILES string of the molecule is CCC(=O)C(CC(C)C)NC(=O)c1nc(-c2ccc(F)c(F)c2)n2c1CN(C)C(C)CC2. The predicted octanol–water partition coefficient (Wildman–Crippen LogP) is 4.18. The molecule has 1 aliphatic heterocycles. The predicted molar refractivity (Wildman–Crippen MR) is 119 cm³/mol. The molecule has 2 unspecified atom stereocenters. The molecule has 1 aromatic heterocycles. The summed E-state index contributed by atoms with van der Waals surface area (Å²) in [7, 11) is 1.98. The Labute approximate surface area is 188 Å². The molecule has 1 amide bonds. The quantitative estimate of drug-likeness (QED) is 0.693. The number of ketones is 1. The van der Waals surface area contributed by atoms with Crippen LogP contribution in [0.2, 0.25) is 0 Å². The van der Waals surface area contributed by atoms with E-state index in [1.165, 1.54) is 6.07 Å². The fourth-order valence-electron chi connectivity index (χ4n) is 4.07. The molecule has 8 heteroatoms. The maximum absolute atomic E-state index is 14.0. The summed E-state index contributed by atoms with van der Waals surface area (Å²) in [5.74, 6) is -1.68. The van der Waals surface area contributed by atoms with Crippen molar-refractivity contribution in [2.24, 2.45) is 5.92 Å². The van der Waals surface area contributed by atoms with Crippen LogP contribution in [0.3, 0.4) is 0 Å². The first kappa shape index (κ1) is 24.0. The van der Waals surface area contributed by atoms with Gasteiger partial charge in [0.15, 0.2) is 23.1 Å². The number of hydrogen-bond acceptors (Lipinski definition) is 4. The zero-order valence-electron chi connectivity index (χ0n) is 19.4. The van der Waals surface area contributed by atoms with Gasteiger partial charge in [-0.15, -0.1) is 0 Å². The molecule has 3 rings (SSSR count). The zero-order chi connectivity index (χ0) is 23.6. The van der Waals surface area contributed by atoms with Crippen molar-refractivity contribution in [1.82, 2.24) is 19.8 Å². The molecule has 174 valence electrons. The van der Waals surface area contributed by atoms with Crippen molar-refractivity contribution >= 4 is 11.7 Å². The first-order valence-corrected chi connectivity index (χ1v) is 11.2. The Hall–Kier alpha value is -2.61. The minimum Gasteiger partial charge on any atom is -0.341 e. The number of nitrogens with one attached hydrogen (secondary N) is 1. The van der Waals surface area contributed by atoms with Gasteiger partial charge in [0, 0.05) is 31.1 Å². The van der Waals surface area contributed by atoms with Crippen molar-refractivity contribution in [2.45, 2.75) is 72.1 Å². The van der Waals surface area contributed by atoms with Gasteiger partial charge in [0.2, 0.25) is 0 Å². The van der Waals surface area contributed by atoms with E-state index in [0.717, 1.165) is 18.6 Å². The molecule has 2 heterocycles. The Kier molecular flexibility index (Phi) is 7.44. The maximum atomic E-state index is 14.0. The number of imidazole rings is 1. The lowest BCUT2D eigenvalue weighted by Gasteiger charge is -2.21. The van der Waals surface area contributed by atoms with E-state index in [2.05, 4.69) is 22.1 Å². The lowest BCUT2D eigenvalue weighted by atomic mass is 9.99. The number of fused-ring (bicyclic) bond motifs is 1. The van der Waals surface area contributed by atoms with E-state index in [-0.39, 0.29) is 23.4 Å². The highest BCUT2D eigenvalue weighted by atomic mass is 19.2. The number of nitrogens with zero attached hydrogens (tertiary/aromatic N) is 3. The van der Waals surface area contributed by atoms with Crippen molar-refractivity contribution in [3.8, 4) is 11.4 Å². The lowest BCUT2D eigenvalue weighted by molar-refractivity contribution is -0.120. The van der Waals surface area contributed by atoms with Gasteiger partial charge >= 0.3 is 0 Å². The third-order valence-electron chi connectivity index (χ3n) is 6.14. The topological polar surface area (TPSA) is 67.2 Å². The molecule has 6 nitrogen and oxygen atoms in total. The maximum Gasteiger partial charge on any atom is 0.272 e. The van der Waals surface area contributed by atoms with Gasteiger partial charge in [0.05, 0.1) is 11.7 Å². The van der Waals surface area contributed by atoms with Gasteiger partial charge in [-0.2, -0.15) is 0 Å². The number of aromatic nitrogens is 2. The second-order valence-electron chi connectivity index (χ2n) is 9.04. The van der Waals surface area contributed by atoms with E-state index in [4.69, 9.17) is 0 Å². The van der Waals surface area contributed by atoms with Gasteiger partial charge in [-0.3, -0.25) is 14.5 Å². The number of amides is 1. The van der Waals surface area contributed by atoms with Gasteiger partial charge < -0.3 is 9.88 Å². The summed E-state index contributed by atoms with van der Waals surface area (Å²) in [6.45, 7) is 8.97. The van der Waals surface area contributed by atoms with Crippen molar-refractivity contribution in [3.63, 3.8) is 0 Å². The van der Waals surface area contributed by atoms with Crippen LogP contribution in [0.5, 0.6) is 0 Å². The molecule has 2 atom stereocenters. The average Bonchev–Trinajstić information content (AvgIpc) is 3.03. The van der Waals surface area contributed by atoms with Crippen molar-refractivity contribution < 1.29 is 18.4 Å². The van der Waals surface area contributed by atoms with Crippen LogP contribution in [-0.4, -0.2) is 45.3 Å². The average molecular weight is 447 g/mol. The summed E-state index contributed by atoms with van der Waals surface area (Å²) in [5.41, 5.74) is 1.34. The van der Waals surface area contributed by atoms with E-state index < -0.39 is 23.6 Å². The summed E-state index contributed by atoms with van der Waals surface area (Å²) < 4.78 is 29.4. The number of rotatable bonds is 7. The Morgan fingerprint density at radius 2 is 1.97 bits per heavy atom. The second kappa shape index (κ2) is 9.90. The smallest absolute Gasteiger partial charge is 0.272 e. The molecule has 2 aromatic rings. The van der Waals surface area contributed by atoms with E-state index in [9.17, 15) is 18.4 Å². The molecule has 1 aromatic carbocycles. The molecule has 0 spiro atoms. The largest absolute Gasteiger partial charge is 0.341 e. The third kappa shape index (κ3) is 5.06. The molecule has 32 heavy (non-hydrogen) atoms. The number of benzene rings is 1. The normalized spacial score (nSPS) is 17.7. The van der Waals surface area contributed by atoms with Gasteiger partial charge in [-0.1, -0.05) is 20.8 Å². The van der Waals surface area contributed by atoms with Crippen LogP contribution in [-0.2, 0) is 17.9 Å². The Morgan fingerprint density at radius 1 is 1.25 bits per heavy atom. The monoisotopic (exact) mass is 446 g/mol. The summed E-state index contributed by atoms with van der Waals surface area (Å²) in [6, 6.07) is 3.33. The molecular weight excluding hydrogens is 414 g/mol. The van der Waals surface area contributed by atoms with Crippen LogP contribution in [0.1, 0.15) is 63.1 Å². The zero-order valence-corrected chi connectivity index (χ0v) is 19.4. The molecule has 0 radical (unpaired) electrons. The number of carbonyl (C=O) groups excluding carboxylic acids is 2. The standard InChI is InChI=1S/C24H32F2N4O2/c1-6-21(31)19(11-14(2)3)27-24(32)22-20-13-29(5)15(4)9-10-30(20)23(28-22)16-7-8-17(25)18(26)12-16/h7-8,12,14-15,19H,6,9-11,13H2,1-5H3,(H,27,32). The molecule has 0 fully saturated rings. The van der Waals surface area contributed by atoms with Crippen molar-refractivity contribution in [1.29, 1.82) is 0 Å². The molecule has 1 aliphatic rings. The highest BCUT2D eigenvalue weighted by molar-refractivity contribution is 5.98. The fraction of sp³-hybridized carbons (Fsp3) is 0.542.